The van der Waals surface area contributed by atoms with Crippen molar-refractivity contribution in [2.24, 2.45) is 0 Å². The van der Waals surface area contributed by atoms with Gasteiger partial charge in [-0.25, -0.2) is 0 Å². The standard InChI is InChI=1S/C23H27F2N3O3/c1-3-27-13-15-28(16-14-27)19-10-8-18(9-11-19)26-21(29)12-7-17-5-4-6-20(30-2)22(17)31-23(24)25/h4-12,23H,3,13-16H2,1-2H3,(H,26,29)/b12-7+. The van der Waals surface area contributed by atoms with Crippen LogP contribution in [0.1, 0.15) is 12.5 Å². The highest BCUT2D eigenvalue weighted by atomic mass is 19.3. The van der Waals surface area contributed by atoms with E-state index in [9.17, 15) is 13.6 Å². The van der Waals surface area contributed by atoms with Crippen LogP contribution in [0.4, 0.5) is 20.2 Å². The van der Waals surface area contributed by atoms with E-state index in [1.165, 1.54) is 25.3 Å². The van der Waals surface area contributed by atoms with E-state index in [2.05, 4.69) is 26.8 Å². The molecule has 1 N–H and O–H groups in total. The molecule has 1 aliphatic heterocycles. The Morgan fingerprint density at radius 1 is 1.13 bits per heavy atom. The summed E-state index contributed by atoms with van der Waals surface area (Å²) < 4.78 is 35.1. The number of rotatable bonds is 8. The number of nitrogens with one attached hydrogen (secondary N) is 1. The van der Waals surface area contributed by atoms with Crippen LogP contribution in [-0.4, -0.2) is 57.3 Å². The third-order valence-corrected chi connectivity index (χ3v) is 5.17. The Bertz CT molecular complexity index is 895. The second kappa shape index (κ2) is 10.8. The fourth-order valence-corrected chi connectivity index (χ4v) is 3.47. The lowest BCUT2D eigenvalue weighted by atomic mass is 10.1. The molecule has 2 aromatic carbocycles. The maximum Gasteiger partial charge on any atom is 0.387 e. The summed E-state index contributed by atoms with van der Waals surface area (Å²) in [5.74, 6) is -0.329. The van der Waals surface area contributed by atoms with E-state index in [1.54, 1.807) is 12.1 Å². The topological polar surface area (TPSA) is 54.0 Å². The SMILES string of the molecule is CCN1CCN(c2ccc(NC(=O)/C=C/c3cccc(OC)c3OC(F)F)cc2)CC1. The van der Waals surface area contributed by atoms with Crippen LogP contribution in [0.25, 0.3) is 6.08 Å². The molecule has 6 nitrogen and oxygen atoms in total. The van der Waals surface area contributed by atoms with Crippen molar-refractivity contribution in [1.82, 2.24) is 4.90 Å². The van der Waals surface area contributed by atoms with Gasteiger partial charge < -0.3 is 24.6 Å². The molecule has 1 aliphatic rings. The summed E-state index contributed by atoms with van der Waals surface area (Å²) in [6.07, 6.45) is 2.68. The zero-order valence-corrected chi connectivity index (χ0v) is 17.7. The molecule has 1 fully saturated rings. The normalized spacial score (nSPS) is 14.8. The molecule has 0 bridgehead atoms. The van der Waals surface area contributed by atoms with Crippen molar-refractivity contribution in [3.8, 4) is 11.5 Å². The highest BCUT2D eigenvalue weighted by Gasteiger charge is 2.16. The number of piperazine rings is 1. The minimum absolute atomic E-state index is 0.114. The maximum absolute atomic E-state index is 12.7. The van der Waals surface area contributed by atoms with E-state index < -0.39 is 6.61 Å². The summed E-state index contributed by atoms with van der Waals surface area (Å²) in [5, 5.41) is 2.77. The van der Waals surface area contributed by atoms with Crippen LogP contribution in [-0.2, 0) is 4.79 Å². The van der Waals surface area contributed by atoms with Crippen molar-refractivity contribution in [1.29, 1.82) is 0 Å². The number of nitrogens with zero attached hydrogens (tertiary/aromatic N) is 2. The molecule has 166 valence electrons. The first kappa shape index (κ1) is 22.6. The number of methoxy groups -OCH3 is 1. The largest absolute Gasteiger partial charge is 0.493 e. The Morgan fingerprint density at radius 2 is 1.84 bits per heavy atom. The van der Waals surface area contributed by atoms with Crippen LogP contribution in [0.15, 0.2) is 48.5 Å². The molecular weight excluding hydrogens is 404 g/mol. The van der Waals surface area contributed by atoms with E-state index in [0.717, 1.165) is 38.4 Å². The predicted molar refractivity (Wildman–Crippen MR) is 118 cm³/mol. The molecule has 31 heavy (non-hydrogen) atoms. The third kappa shape index (κ3) is 6.18. The molecule has 2 aromatic rings. The molecule has 0 radical (unpaired) electrons. The van der Waals surface area contributed by atoms with Gasteiger partial charge in [0.05, 0.1) is 7.11 Å². The first-order valence-electron chi connectivity index (χ1n) is 10.2. The van der Waals surface area contributed by atoms with Gasteiger partial charge in [0.15, 0.2) is 11.5 Å². The van der Waals surface area contributed by atoms with E-state index in [1.807, 2.05) is 24.3 Å². The molecule has 0 atom stereocenters. The number of halogens is 2. The smallest absolute Gasteiger partial charge is 0.387 e. The fourth-order valence-electron chi connectivity index (χ4n) is 3.47. The van der Waals surface area contributed by atoms with Crippen molar-refractivity contribution in [2.75, 3.05) is 50.1 Å². The number of likely N-dealkylation sites (N-methyl/N-ethyl adjacent to an activating group) is 1. The van der Waals surface area contributed by atoms with Crippen LogP contribution in [0, 0.1) is 0 Å². The van der Waals surface area contributed by atoms with Gasteiger partial charge in [-0.15, -0.1) is 0 Å². The Balaban J connectivity index is 1.62. The first-order chi connectivity index (χ1) is 15.0. The quantitative estimate of drug-likeness (QED) is 0.638. The number of benzene rings is 2. The minimum Gasteiger partial charge on any atom is -0.493 e. The third-order valence-electron chi connectivity index (χ3n) is 5.17. The summed E-state index contributed by atoms with van der Waals surface area (Å²) in [7, 11) is 1.36. The van der Waals surface area contributed by atoms with E-state index >= 15 is 0 Å². The molecule has 8 heteroatoms. The van der Waals surface area contributed by atoms with Crippen LogP contribution < -0.4 is 19.7 Å². The van der Waals surface area contributed by atoms with Crippen molar-refractivity contribution >= 4 is 23.4 Å². The Kier molecular flexibility index (Phi) is 7.83. The molecule has 0 aliphatic carbocycles. The van der Waals surface area contributed by atoms with Crippen molar-refractivity contribution in [2.45, 2.75) is 13.5 Å². The van der Waals surface area contributed by atoms with Gasteiger partial charge in [0.2, 0.25) is 5.91 Å². The molecule has 0 spiro atoms. The van der Waals surface area contributed by atoms with Crippen LogP contribution in [0.3, 0.4) is 0 Å². The number of amides is 1. The van der Waals surface area contributed by atoms with Gasteiger partial charge in [-0.05, 0) is 43.0 Å². The number of carbonyl (C=O) groups is 1. The van der Waals surface area contributed by atoms with Gasteiger partial charge in [0, 0.05) is 49.2 Å². The van der Waals surface area contributed by atoms with Gasteiger partial charge in [0.25, 0.3) is 0 Å². The number of hydrogen-bond donors (Lipinski definition) is 1. The maximum atomic E-state index is 12.7. The molecule has 0 aromatic heterocycles. The Hall–Kier alpha value is -3.13. The number of carbonyl (C=O) groups excluding carboxylic acids is 1. The van der Waals surface area contributed by atoms with Gasteiger partial charge in [-0.2, -0.15) is 8.78 Å². The van der Waals surface area contributed by atoms with Gasteiger partial charge in [-0.3, -0.25) is 4.79 Å². The summed E-state index contributed by atoms with van der Waals surface area (Å²) in [4.78, 5) is 17.0. The average Bonchev–Trinajstić information content (AvgIpc) is 2.78. The van der Waals surface area contributed by atoms with Crippen molar-refractivity contribution in [3.63, 3.8) is 0 Å². The Morgan fingerprint density at radius 3 is 2.45 bits per heavy atom. The summed E-state index contributed by atoms with van der Waals surface area (Å²) in [6.45, 7) is 4.28. The molecule has 3 rings (SSSR count). The molecule has 0 unspecified atom stereocenters. The number of anilines is 2. The fraction of sp³-hybridized carbons (Fsp3) is 0.348. The van der Waals surface area contributed by atoms with Crippen LogP contribution >= 0.6 is 0 Å². The summed E-state index contributed by atoms with van der Waals surface area (Å²) >= 11 is 0. The van der Waals surface area contributed by atoms with Crippen LogP contribution in [0.5, 0.6) is 11.5 Å². The van der Waals surface area contributed by atoms with E-state index in [4.69, 9.17) is 4.74 Å². The summed E-state index contributed by atoms with van der Waals surface area (Å²) in [5.41, 5.74) is 2.09. The second-order valence-corrected chi connectivity index (χ2v) is 7.05. The van der Waals surface area contributed by atoms with Crippen molar-refractivity contribution < 1.29 is 23.0 Å². The predicted octanol–water partition coefficient (Wildman–Crippen LogP) is 4.09. The molecular formula is C23H27F2N3O3. The van der Waals surface area contributed by atoms with Crippen molar-refractivity contribution in [3.05, 3.63) is 54.1 Å². The number of para-hydroxylation sites is 1. The van der Waals surface area contributed by atoms with Gasteiger partial charge >= 0.3 is 6.61 Å². The van der Waals surface area contributed by atoms with E-state index in [0.29, 0.717) is 11.3 Å². The second-order valence-electron chi connectivity index (χ2n) is 7.05. The lowest BCUT2D eigenvalue weighted by molar-refractivity contribution is -0.111. The zero-order chi connectivity index (χ0) is 22.2. The van der Waals surface area contributed by atoms with E-state index in [-0.39, 0.29) is 17.4 Å². The summed E-state index contributed by atoms with van der Waals surface area (Å²) in [6, 6.07) is 12.4. The molecule has 1 amide bonds. The lowest BCUT2D eigenvalue weighted by Gasteiger charge is -2.35. The van der Waals surface area contributed by atoms with Crippen LogP contribution in [0.2, 0.25) is 0 Å². The molecule has 1 saturated heterocycles. The minimum atomic E-state index is -3.00. The molecule has 0 saturated carbocycles. The van der Waals surface area contributed by atoms with Gasteiger partial charge in [0.1, 0.15) is 0 Å². The highest BCUT2D eigenvalue weighted by molar-refractivity contribution is 6.02. The monoisotopic (exact) mass is 431 g/mol. The number of alkyl halides is 2. The first-order valence-corrected chi connectivity index (χ1v) is 10.2. The number of hydrogen-bond acceptors (Lipinski definition) is 5. The number of ether oxygens (including phenoxy) is 2. The molecule has 1 heterocycles. The van der Waals surface area contributed by atoms with Gasteiger partial charge in [-0.1, -0.05) is 19.1 Å². The zero-order valence-electron chi connectivity index (χ0n) is 17.7. The Labute approximate surface area is 181 Å². The highest BCUT2D eigenvalue weighted by Crippen LogP contribution is 2.33. The average molecular weight is 431 g/mol. The lowest BCUT2D eigenvalue weighted by Crippen LogP contribution is -2.46.